The summed E-state index contributed by atoms with van der Waals surface area (Å²) < 4.78 is 7.22. The maximum atomic E-state index is 12.7. The Hall–Kier alpha value is -2.21. The molecule has 2 aromatic rings. The van der Waals surface area contributed by atoms with Gasteiger partial charge in [-0.3, -0.25) is 4.79 Å². The van der Waals surface area contributed by atoms with Crippen molar-refractivity contribution in [3.63, 3.8) is 0 Å². The van der Waals surface area contributed by atoms with Crippen LogP contribution in [-0.4, -0.2) is 34.1 Å². The average Bonchev–Trinajstić information content (AvgIpc) is 3.24. The van der Waals surface area contributed by atoms with Crippen molar-refractivity contribution in [3.05, 3.63) is 47.8 Å². The van der Waals surface area contributed by atoms with Crippen LogP contribution in [0.25, 0.3) is 0 Å². The van der Waals surface area contributed by atoms with Crippen LogP contribution in [0.4, 0.5) is 0 Å². The lowest BCUT2D eigenvalue weighted by molar-refractivity contribution is 0.0910. The van der Waals surface area contributed by atoms with Gasteiger partial charge in [0, 0.05) is 12.5 Å². The lowest BCUT2D eigenvalue weighted by Crippen LogP contribution is -2.34. The topological polar surface area (TPSA) is 69.0 Å². The van der Waals surface area contributed by atoms with Gasteiger partial charge in [0.1, 0.15) is 0 Å². The fourth-order valence-electron chi connectivity index (χ4n) is 2.86. The zero-order chi connectivity index (χ0) is 17.2. The molecule has 6 nitrogen and oxygen atoms in total. The molecule has 0 bridgehead atoms. The second kappa shape index (κ2) is 6.73. The normalized spacial score (nSPS) is 19.2. The molecule has 1 aromatic carbocycles. The summed E-state index contributed by atoms with van der Waals surface area (Å²) in [6.07, 6.45) is 2.64. The Bertz CT molecular complexity index is 685. The van der Waals surface area contributed by atoms with Crippen LogP contribution in [0.5, 0.6) is 0 Å². The van der Waals surface area contributed by atoms with Crippen LogP contribution in [0.15, 0.2) is 36.5 Å². The summed E-state index contributed by atoms with van der Waals surface area (Å²) in [5, 5.41) is 11.2. The van der Waals surface area contributed by atoms with Crippen molar-refractivity contribution in [2.75, 3.05) is 13.2 Å². The number of benzene rings is 1. The van der Waals surface area contributed by atoms with Crippen molar-refractivity contribution in [2.24, 2.45) is 5.92 Å². The van der Waals surface area contributed by atoms with Crippen molar-refractivity contribution in [1.29, 1.82) is 0 Å². The lowest BCUT2D eigenvalue weighted by atomic mass is 9.92. The summed E-state index contributed by atoms with van der Waals surface area (Å²) in [6, 6.07) is 9.94. The molecular formula is C18H24N4O2. The molecule has 0 aliphatic carbocycles. The largest absolute Gasteiger partial charge is 0.381 e. The van der Waals surface area contributed by atoms with Gasteiger partial charge >= 0.3 is 0 Å². The Labute approximate surface area is 142 Å². The highest BCUT2D eigenvalue weighted by Crippen LogP contribution is 2.29. The van der Waals surface area contributed by atoms with Crippen LogP contribution < -0.4 is 5.32 Å². The Kier molecular flexibility index (Phi) is 4.66. The molecule has 0 spiro atoms. The van der Waals surface area contributed by atoms with E-state index in [1.807, 2.05) is 51.1 Å². The molecule has 1 aromatic heterocycles. The van der Waals surface area contributed by atoms with Crippen molar-refractivity contribution in [1.82, 2.24) is 20.3 Å². The van der Waals surface area contributed by atoms with Gasteiger partial charge < -0.3 is 10.1 Å². The number of carbonyl (C=O) groups excluding carboxylic acids is 1. The second-order valence-electron chi connectivity index (χ2n) is 7.20. The summed E-state index contributed by atoms with van der Waals surface area (Å²) in [6.45, 7) is 7.46. The summed E-state index contributed by atoms with van der Waals surface area (Å²) >= 11 is 0. The van der Waals surface area contributed by atoms with E-state index in [1.165, 1.54) is 0 Å². The number of amides is 1. The van der Waals surface area contributed by atoms with Crippen LogP contribution in [-0.2, 0) is 10.3 Å². The number of carbonyl (C=O) groups is 1. The zero-order valence-electron chi connectivity index (χ0n) is 14.4. The van der Waals surface area contributed by atoms with E-state index in [0.29, 0.717) is 12.3 Å². The third-order valence-electron chi connectivity index (χ3n) is 4.29. The molecule has 1 fully saturated rings. The Balaban J connectivity index is 1.79. The summed E-state index contributed by atoms with van der Waals surface area (Å²) in [5.74, 6) is 0.0697. The van der Waals surface area contributed by atoms with E-state index in [9.17, 15) is 4.79 Å². The molecule has 1 aliphatic rings. The molecule has 128 valence electrons. The molecule has 0 radical (unpaired) electrons. The first-order valence-electron chi connectivity index (χ1n) is 8.31. The monoisotopic (exact) mass is 328 g/mol. The highest BCUT2D eigenvalue weighted by Gasteiger charge is 2.29. The number of aromatic nitrogens is 3. The summed E-state index contributed by atoms with van der Waals surface area (Å²) in [7, 11) is 0. The molecule has 1 amide bonds. The van der Waals surface area contributed by atoms with Gasteiger partial charge in [-0.2, -0.15) is 0 Å². The minimum absolute atomic E-state index is 0.0824. The average molecular weight is 328 g/mol. The van der Waals surface area contributed by atoms with Crippen LogP contribution in [0.1, 0.15) is 49.3 Å². The summed E-state index contributed by atoms with van der Waals surface area (Å²) in [5.41, 5.74) is 1.22. The molecule has 2 unspecified atom stereocenters. The van der Waals surface area contributed by atoms with E-state index in [-0.39, 0.29) is 23.4 Å². The quantitative estimate of drug-likeness (QED) is 0.936. The van der Waals surface area contributed by atoms with Crippen LogP contribution in [0.2, 0.25) is 0 Å². The van der Waals surface area contributed by atoms with Crippen LogP contribution in [0.3, 0.4) is 0 Å². The highest BCUT2D eigenvalue weighted by molar-refractivity contribution is 5.92. The third kappa shape index (κ3) is 3.64. The maximum Gasteiger partial charge on any atom is 0.273 e. The third-order valence-corrected chi connectivity index (χ3v) is 4.29. The Morgan fingerprint density at radius 2 is 2.08 bits per heavy atom. The Morgan fingerprint density at radius 3 is 2.67 bits per heavy atom. The van der Waals surface area contributed by atoms with Gasteiger partial charge in [0.15, 0.2) is 5.69 Å². The predicted octanol–water partition coefficient (Wildman–Crippen LogP) is 2.54. The molecular weight excluding hydrogens is 304 g/mol. The fraction of sp³-hybridized carbons (Fsp3) is 0.500. The van der Waals surface area contributed by atoms with E-state index >= 15 is 0 Å². The molecule has 2 heterocycles. The van der Waals surface area contributed by atoms with Crippen molar-refractivity contribution < 1.29 is 9.53 Å². The summed E-state index contributed by atoms with van der Waals surface area (Å²) in [4.78, 5) is 12.7. The number of nitrogens with one attached hydrogen (secondary N) is 1. The standard InChI is InChI=1S/C18H24N4O2/c1-18(2,3)22-11-15(20-21-22)17(23)19-16(14-9-10-24-12-14)13-7-5-4-6-8-13/h4-8,11,14,16H,9-10,12H2,1-3H3,(H,19,23). The molecule has 24 heavy (non-hydrogen) atoms. The molecule has 2 atom stereocenters. The maximum absolute atomic E-state index is 12.7. The van der Waals surface area contributed by atoms with E-state index in [1.54, 1.807) is 10.9 Å². The number of nitrogens with zero attached hydrogens (tertiary/aromatic N) is 3. The van der Waals surface area contributed by atoms with Gasteiger partial charge in [-0.1, -0.05) is 35.5 Å². The van der Waals surface area contributed by atoms with Gasteiger partial charge in [0.05, 0.1) is 24.4 Å². The number of rotatable bonds is 4. The molecule has 1 saturated heterocycles. The SMILES string of the molecule is CC(C)(C)n1cc(C(=O)NC(c2ccccc2)C2CCOC2)nn1. The minimum atomic E-state index is -0.205. The molecule has 1 N–H and O–H groups in total. The molecule has 1 aliphatic heterocycles. The van der Waals surface area contributed by atoms with Gasteiger partial charge in [-0.25, -0.2) is 4.68 Å². The lowest BCUT2D eigenvalue weighted by Gasteiger charge is -2.24. The van der Waals surface area contributed by atoms with Crippen molar-refractivity contribution in [2.45, 2.75) is 38.8 Å². The number of ether oxygens (including phenoxy) is 1. The van der Waals surface area contributed by atoms with Gasteiger partial charge in [0.25, 0.3) is 5.91 Å². The highest BCUT2D eigenvalue weighted by atomic mass is 16.5. The fourth-order valence-corrected chi connectivity index (χ4v) is 2.86. The first-order chi connectivity index (χ1) is 11.4. The number of hydrogen-bond acceptors (Lipinski definition) is 4. The van der Waals surface area contributed by atoms with Crippen molar-refractivity contribution >= 4 is 5.91 Å². The first kappa shape index (κ1) is 16.6. The predicted molar refractivity (Wildman–Crippen MR) is 90.6 cm³/mol. The second-order valence-corrected chi connectivity index (χ2v) is 7.20. The van der Waals surface area contributed by atoms with Crippen LogP contribution >= 0.6 is 0 Å². The van der Waals surface area contributed by atoms with E-state index in [0.717, 1.165) is 18.6 Å². The van der Waals surface area contributed by atoms with Crippen LogP contribution in [0, 0.1) is 5.92 Å². The Morgan fingerprint density at radius 1 is 1.33 bits per heavy atom. The van der Waals surface area contributed by atoms with Crippen molar-refractivity contribution in [3.8, 4) is 0 Å². The number of hydrogen-bond donors (Lipinski definition) is 1. The zero-order valence-corrected chi connectivity index (χ0v) is 14.4. The van der Waals surface area contributed by atoms with E-state index in [4.69, 9.17) is 4.74 Å². The molecule has 6 heteroatoms. The molecule has 0 saturated carbocycles. The van der Waals surface area contributed by atoms with E-state index < -0.39 is 0 Å². The molecule has 3 rings (SSSR count). The van der Waals surface area contributed by atoms with Gasteiger partial charge in [-0.15, -0.1) is 5.10 Å². The first-order valence-corrected chi connectivity index (χ1v) is 8.31. The van der Waals surface area contributed by atoms with Gasteiger partial charge in [-0.05, 0) is 32.8 Å². The van der Waals surface area contributed by atoms with Gasteiger partial charge in [0.2, 0.25) is 0 Å². The smallest absolute Gasteiger partial charge is 0.273 e. The minimum Gasteiger partial charge on any atom is -0.381 e. The van der Waals surface area contributed by atoms with E-state index in [2.05, 4.69) is 15.6 Å².